The highest BCUT2D eigenvalue weighted by Gasteiger charge is 1.94. The molecule has 80 valence electrons. The van der Waals surface area contributed by atoms with Crippen LogP contribution >= 0.6 is 0 Å². The van der Waals surface area contributed by atoms with E-state index in [0.717, 1.165) is 12.1 Å². The third-order valence-electron chi connectivity index (χ3n) is 1.97. The Morgan fingerprint density at radius 3 is 2.86 bits per heavy atom. The molecule has 0 aromatic carbocycles. The number of ether oxygens (including phenoxy) is 2. The molecule has 0 radical (unpaired) electrons. The van der Waals surface area contributed by atoms with Crippen molar-refractivity contribution < 1.29 is 9.47 Å². The Bertz CT molecular complexity index is 248. The molecule has 0 aliphatic rings. The van der Waals surface area contributed by atoms with Crippen LogP contribution < -0.4 is 5.73 Å². The number of nitrogens with two attached hydrogens (primary N) is 1. The summed E-state index contributed by atoms with van der Waals surface area (Å²) in [6.07, 6.45) is 4.06. The van der Waals surface area contributed by atoms with E-state index in [9.17, 15) is 0 Å². The third-order valence-corrected chi connectivity index (χ3v) is 1.97. The average Bonchev–Trinajstić information content (AvgIpc) is 2.65. The summed E-state index contributed by atoms with van der Waals surface area (Å²) in [4.78, 5) is 0. The molecule has 1 aromatic heterocycles. The van der Waals surface area contributed by atoms with Crippen LogP contribution in [0.5, 0.6) is 0 Å². The van der Waals surface area contributed by atoms with Gasteiger partial charge in [-0.1, -0.05) is 0 Å². The van der Waals surface area contributed by atoms with Crippen LogP contribution in [0.3, 0.4) is 0 Å². The van der Waals surface area contributed by atoms with Gasteiger partial charge in [-0.25, -0.2) is 0 Å². The lowest BCUT2D eigenvalue weighted by molar-refractivity contribution is 0.0666. The fourth-order valence-electron chi connectivity index (χ4n) is 1.16. The Morgan fingerprint density at radius 1 is 1.36 bits per heavy atom. The van der Waals surface area contributed by atoms with Gasteiger partial charge in [-0.05, 0) is 11.6 Å². The van der Waals surface area contributed by atoms with Gasteiger partial charge in [0.15, 0.2) is 0 Å². The molecular formula is C10H18N2O2. The number of nitrogens with zero attached hydrogens (tertiary/aromatic N) is 1. The van der Waals surface area contributed by atoms with E-state index in [1.54, 1.807) is 7.11 Å². The van der Waals surface area contributed by atoms with Crippen LogP contribution in [0.25, 0.3) is 0 Å². The van der Waals surface area contributed by atoms with Gasteiger partial charge < -0.3 is 19.8 Å². The largest absolute Gasteiger partial charge is 0.382 e. The van der Waals surface area contributed by atoms with Crippen LogP contribution in [0.1, 0.15) is 5.56 Å². The Hall–Kier alpha value is -0.840. The minimum Gasteiger partial charge on any atom is -0.382 e. The van der Waals surface area contributed by atoms with E-state index < -0.39 is 0 Å². The summed E-state index contributed by atoms with van der Waals surface area (Å²) in [5, 5.41) is 0. The Morgan fingerprint density at radius 2 is 2.21 bits per heavy atom. The Balaban J connectivity index is 2.12. The van der Waals surface area contributed by atoms with Crippen molar-refractivity contribution in [1.82, 2.24) is 4.57 Å². The SMILES string of the molecule is COCCOCCn1ccc(CN)c1. The minimum atomic E-state index is 0.595. The van der Waals surface area contributed by atoms with Gasteiger partial charge in [0.25, 0.3) is 0 Å². The van der Waals surface area contributed by atoms with E-state index in [2.05, 4.69) is 4.57 Å². The molecule has 1 heterocycles. The monoisotopic (exact) mass is 198 g/mol. The van der Waals surface area contributed by atoms with Crippen molar-refractivity contribution in [2.24, 2.45) is 5.73 Å². The molecule has 2 N–H and O–H groups in total. The van der Waals surface area contributed by atoms with Crippen LogP contribution in [0.15, 0.2) is 18.5 Å². The molecule has 4 heteroatoms. The number of rotatable bonds is 7. The normalized spacial score (nSPS) is 10.7. The van der Waals surface area contributed by atoms with Gasteiger partial charge >= 0.3 is 0 Å². The Kier molecular flexibility index (Phi) is 5.29. The fraction of sp³-hybridized carbons (Fsp3) is 0.600. The molecule has 0 amide bonds. The van der Waals surface area contributed by atoms with Gasteiger partial charge in [0.2, 0.25) is 0 Å². The van der Waals surface area contributed by atoms with Gasteiger partial charge in [-0.2, -0.15) is 0 Å². The molecular weight excluding hydrogens is 180 g/mol. The summed E-state index contributed by atoms with van der Waals surface area (Å²) in [6, 6.07) is 2.02. The molecule has 4 nitrogen and oxygen atoms in total. The highest BCUT2D eigenvalue weighted by atomic mass is 16.5. The first-order valence-corrected chi connectivity index (χ1v) is 4.78. The second-order valence-corrected chi connectivity index (χ2v) is 3.07. The summed E-state index contributed by atoms with van der Waals surface area (Å²) in [6.45, 7) is 3.48. The standard InChI is InChI=1S/C10H18N2O2/c1-13-6-7-14-5-4-12-3-2-10(8-11)9-12/h2-3,9H,4-8,11H2,1H3. The summed E-state index contributed by atoms with van der Waals surface area (Å²) in [5.74, 6) is 0. The molecule has 0 saturated carbocycles. The zero-order valence-corrected chi connectivity index (χ0v) is 8.61. The molecule has 1 rings (SSSR count). The molecule has 14 heavy (non-hydrogen) atoms. The second-order valence-electron chi connectivity index (χ2n) is 3.07. The van der Waals surface area contributed by atoms with Gasteiger partial charge in [-0.15, -0.1) is 0 Å². The molecule has 0 fully saturated rings. The molecule has 0 spiro atoms. The van der Waals surface area contributed by atoms with Crippen molar-refractivity contribution in [3.63, 3.8) is 0 Å². The van der Waals surface area contributed by atoms with E-state index in [1.165, 1.54) is 0 Å². The maximum Gasteiger partial charge on any atom is 0.0701 e. The fourth-order valence-corrected chi connectivity index (χ4v) is 1.16. The lowest BCUT2D eigenvalue weighted by Crippen LogP contribution is -2.08. The van der Waals surface area contributed by atoms with Crippen LogP contribution in [0, 0.1) is 0 Å². The second kappa shape index (κ2) is 6.59. The summed E-state index contributed by atoms with van der Waals surface area (Å²) in [5.41, 5.74) is 6.65. The van der Waals surface area contributed by atoms with Crippen molar-refractivity contribution >= 4 is 0 Å². The smallest absolute Gasteiger partial charge is 0.0701 e. The minimum absolute atomic E-state index is 0.595. The maximum absolute atomic E-state index is 5.50. The van der Waals surface area contributed by atoms with Crippen molar-refractivity contribution in [3.05, 3.63) is 24.0 Å². The highest BCUT2D eigenvalue weighted by molar-refractivity contribution is 5.09. The van der Waals surface area contributed by atoms with E-state index in [1.807, 2.05) is 18.5 Å². The number of hydrogen-bond acceptors (Lipinski definition) is 3. The summed E-state index contributed by atoms with van der Waals surface area (Å²) >= 11 is 0. The first-order chi connectivity index (χ1) is 6.86. The quantitative estimate of drug-likeness (QED) is 0.653. The van der Waals surface area contributed by atoms with Crippen LogP contribution in [0.2, 0.25) is 0 Å². The maximum atomic E-state index is 5.50. The molecule has 0 unspecified atom stereocenters. The van der Waals surface area contributed by atoms with Gasteiger partial charge in [0, 0.05) is 32.6 Å². The predicted molar refractivity (Wildman–Crippen MR) is 55.0 cm³/mol. The van der Waals surface area contributed by atoms with Gasteiger partial charge in [-0.3, -0.25) is 0 Å². The first kappa shape index (κ1) is 11.2. The summed E-state index contributed by atoms with van der Waals surface area (Å²) in [7, 11) is 1.67. The van der Waals surface area contributed by atoms with Crippen molar-refractivity contribution in [1.29, 1.82) is 0 Å². The molecule has 0 saturated heterocycles. The van der Waals surface area contributed by atoms with E-state index >= 15 is 0 Å². The summed E-state index contributed by atoms with van der Waals surface area (Å²) < 4.78 is 12.3. The molecule has 0 bridgehead atoms. The van der Waals surface area contributed by atoms with Crippen molar-refractivity contribution in [3.8, 4) is 0 Å². The number of aromatic nitrogens is 1. The van der Waals surface area contributed by atoms with Crippen molar-refractivity contribution in [2.75, 3.05) is 26.9 Å². The zero-order chi connectivity index (χ0) is 10.2. The molecule has 0 aliphatic carbocycles. The Labute approximate surface area is 84.6 Å². The van der Waals surface area contributed by atoms with E-state index in [4.69, 9.17) is 15.2 Å². The lowest BCUT2D eigenvalue weighted by atomic mass is 10.4. The topological polar surface area (TPSA) is 49.4 Å². The lowest BCUT2D eigenvalue weighted by Gasteiger charge is -2.04. The predicted octanol–water partition coefficient (Wildman–Crippen LogP) is 0.610. The third kappa shape index (κ3) is 3.91. The number of methoxy groups -OCH3 is 1. The molecule has 0 atom stereocenters. The first-order valence-electron chi connectivity index (χ1n) is 4.78. The van der Waals surface area contributed by atoms with Crippen molar-refractivity contribution in [2.45, 2.75) is 13.1 Å². The van der Waals surface area contributed by atoms with Crippen LogP contribution in [-0.2, 0) is 22.6 Å². The average molecular weight is 198 g/mol. The van der Waals surface area contributed by atoms with Crippen LogP contribution in [0.4, 0.5) is 0 Å². The van der Waals surface area contributed by atoms with Gasteiger partial charge in [0.1, 0.15) is 0 Å². The van der Waals surface area contributed by atoms with Gasteiger partial charge in [0.05, 0.1) is 19.8 Å². The van der Waals surface area contributed by atoms with E-state index in [0.29, 0.717) is 26.4 Å². The number of hydrogen-bond donors (Lipinski definition) is 1. The van der Waals surface area contributed by atoms with Crippen LogP contribution in [-0.4, -0.2) is 31.5 Å². The zero-order valence-electron chi connectivity index (χ0n) is 8.61. The highest BCUT2D eigenvalue weighted by Crippen LogP contribution is 1.99. The van der Waals surface area contributed by atoms with E-state index in [-0.39, 0.29) is 0 Å². The molecule has 0 aliphatic heterocycles. The molecule has 1 aromatic rings.